The Kier molecular flexibility index (Phi) is 3.28. The van der Waals surface area contributed by atoms with Crippen LogP contribution >= 0.6 is 11.6 Å². The molecule has 84 valence electrons. The van der Waals surface area contributed by atoms with Gasteiger partial charge in [0.15, 0.2) is 0 Å². The summed E-state index contributed by atoms with van der Waals surface area (Å²) in [6, 6.07) is 5.75. The van der Waals surface area contributed by atoms with E-state index in [1.807, 2.05) is 0 Å². The Hall–Kier alpha value is -1.31. The fourth-order valence-electron chi connectivity index (χ4n) is 1.90. The van der Waals surface area contributed by atoms with Crippen molar-refractivity contribution in [2.45, 2.75) is 12.5 Å². The number of nitriles is 1. The number of hydrogen-bond donors (Lipinski definition) is 1. The maximum absolute atomic E-state index is 8.82. The van der Waals surface area contributed by atoms with Gasteiger partial charge in [-0.05, 0) is 32.1 Å². The van der Waals surface area contributed by atoms with Gasteiger partial charge >= 0.3 is 0 Å². The van der Waals surface area contributed by atoms with Gasteiger partial charge in [0, 0.05) is 12.6 Å². The normalized spacial score (nSPS) is 20.7. The zero-order chi connectivity index (χ0) is 11.5. The van der Waals surface area contributed by atoms with Crippen molar-refractivity contribution in [2.75, 3.05) is 25.5 Å². The van der Waals surface area contributed by atoms with E-state index in [1.54, 1.807) is 12.1 Å². The molecular formula is C11H13ClN4. The molecule has 0 aromatic carbocycles. The van der Waals surface area contributed by atoms with E-state index in [-0.39, 0.29) is 0 Å². The van der Waals surface area contributed by atoms with Crippen molar-refractivity contribution < 1.29 is 0 Å². The van der Waals surface area contributed by atoms with Gasteiger partial charge in [-0.3, -0.25) is 0 Å². The lowest BCUT2D eigenvalue weighted by Gasteiger charge is -2.13. The van der Waals surface area contributed by atoms with Gasteiger partial charge in [0.1, 0.15) is 11.0 Å². The fraction of sp³-hybridized carbons (Fsp3) is 0.455. The number of anilines is 1. The summed E-state index contributed by atoms with van der Waals surface area (Å²) in [6.07, 6.45) is 1.09. The number of likely N-dealkylation sites (tertiary alicyclic amines) is 1. The Morgan fingerprint density at radius 3 is 3.06 bits per heavy atom. The molecule has 0 bridgehead atoms. The monoisotopic (exact) mass is 236 g/mol. The number of hydrogen-bond acceptors (Lipinski definition) is 4. The van der Waals surface area contributed by atoms with Gasteiger partial charge in [-0.25, -0.2) is 4.98 Å². The van der Waals surface area contributed by atoms with Gasteiger partial charge in [0.25, 0.3) is 0 Å². The molecule has 0 amide bonds. The second-order valence-electron chi connectivity index (χ2n) is 4.07. The quantitative estimate of drug-likeness (QED) is 0.795. The minimum absolute atomic E-state index is 0.355. The highest BCUT2D eigenvalue weighted by atomic mass is 35.5. The van der Waals surface area contributed by atoms with Crippen molar-refractivity contribution in [1.82, 2.24) is 9.88 Å². The van der Waals surface area contributed by atoms with E-state index in [0.717, 1.165) is 19.5 Å². The van der Waals surface area contributed by atoms with Crippen LogP contribution in [0.2, 0.25) is 5.15 Å². The number of nitrogens with zero attached hydrogens (tertiary/aromatic N) is 3. The van der Waals surface area contributed by atoms with Crippen LogP contribution < -0.4 is 5.32 Å². The molecule has 0 aliphatic carbocycles. The Morgan fingerprint density at radius 1 is 1.62 bits per heavy atom. The molecule has 1 aliphatic heterocycles. The second-order valence-corrected chi connectivity index (χ2v) is 4.46. The molecule has 1 aliphatic rings. The number of likely N-dealkylation sites (N-methyl/N-ethyl adjacent to an activating group) is 1. The first-order chi connectivity index (χ1) is 7.67. The minimum atomic E-state index is 0.355. The van der Waals surface area contributed by atoms with Crippen LogP contribution in [0.4, 0.5) is 5.82 Å². The first-order valence-electron chi connectivity index (χ1n) is 5.20. The molecule has 2 rings (SSSR count). The third-order valence-electron chi connectivity index (χ3n) is 2.67. The van der Waals surface area contributed by atoms with Crippen LogP contribution in [0.15, 0.2) is 12.1 Å². The molecule has 0 radical (unpaired) electrons. The van der Waals surface area contributed by atoms with Crippen molar-refractivity contribution >= 4 is 17.4 Å². The molecule has 0 saturated carbocycles. The molecule has 1 atom stereocenters. The predicted molar refractivity (Wildman–Crippen MR) is 63.5 cm³/mol. The maximum atomic E-state index is 8.82. The first-order valence-corrected chi connectivity index (χ1v) is 5.58. The zero-order valence-corrected chi connectivity index (χ0v) is 9.83. The van der Waals surface area contributed by atoms with Crippen LogP contribution in [0.3, 0.4) is 0 Å². The summed E-state index contributed by atoms with van der Waals surface area (Å²) in [5.74, 6) is 0.685. The smallest absolute Gasteiger partial charge is 0.132 e. The molecule has 4 nitrogen and oxygen atoms in total. The Morgan fingerprint density at radius 2 is 2.44 bits per heavy atom. The van der Waals surface area contributed by atoms with Gasteiger partial charge < -0.3 is 10.2 Å². The molecular weight excluding hydrogens is 224 g/mol. The lowest BCUT2D eigenvalue weighted by atomic mass is 10.2. The highest BCUT2D eigenvalue weighted by molar-refractivity contribution is 6.29. The SMILES string of the molecule is CN1CCC(Nc2cc(C#N)cc(Cl)n2)C1. The average molecular weight is 237 g/mol. The van der Waals surface area contributed by atoms with E-state index in [2.05, 4.69) is 28.3 Å². The maximum Gasteiger partial charge on any atom is 0.132 e. The Bertz CT molecular complexity index is 426. The topological polar surface area (TPSA) is 52.0 Å². The molecule has 1 fully saturated rings. The summed E-state index contributed by atoms with van der Waals surface area (Å²) in [7, 11) is 2.09. The van der Waals surface area contributed by atoms with Crippen LogP contribution in [0.1, 0.15) is 12.0 Å². The van der Waals surface area contributed by atoms with Crippen molar-refractivity contribution in [3.63, 3.8) is 0 Å². The number of rotatable bonds is 2. The number of pyridine rings is 1. The zero-order valence-electron chi connectivity index (χ0n) is 9.07. The summed E-state index contributed by atoms with van der Waals surface area (Å²) >= 11 is 5.83. The predicted octanol–water partition coefficient (Wildman–Crippen LogP) is 1.72. The molecule has 0 spiro atoms. The van der Waals surface area contributed by atoms with Crippen molar-refractivity contribution in [2.24, 2.45) is 0 Å². The van der Waals surface area contributed by atoms with Gasteiger partial charge in [-0.2, -0.15) is 5.26 Å². The standard InChI is InChI=1S/C11H13ClN4/c1-16-3-2-9(7-16)14-11-5-8(6-13)4-10(12)15-11/h4-5,9H,2-3,7H2,1H3,(H,14,15). The van der Waals surface area contributed by atoms with Gasteiger partial charge in [-0.15, -0.1) is 0 Å². The van der Waals surface area contributed by atoms with Crippen LogP contribution in [-0.2, 0) is 0 Å². The van der Waals surface area contributed by atoms with Crippen LogP contribution in [0.25, 0.3) is 0 Å². The summed E-state index contributed by atoms with van der Waals surface area (Å²) in [6.45, 7) is 2.08. The Labute approximate surface area is 99.8 Å². The molecule has 5 heteroatoms. The molecule has 1 unspecified atom stereocenters. The van der Waals surface area contributed by atoms with Crippen LogP contribution in [-0.4, -0.2) is 36.1 Å². The van der Waals surface area contributed by atoms with E-state index in [0.29, 0.717) is 22.6 Å². The molecule has 1 N–H and O–H groups in total. The summed E-state index contributed by atoms with van der Waals surface area (Å²) in [5.41, 5.74) is 0.536. The molecule has 2 heterocycles. The molecule has 1 saturated heterocycles. The summed E-state index contributed by atoms with van der Waals surface area (Å²) in [4.78, 5) is 6.41. The van der Waals surface area contributed by atoms with Gasteiger partial charge in [0.05, 0.1) is 11.6 Å². The Balaban J connectivity index is 2.10. The van der Waals surface area contributed by atoms with Crippen LogP contribution in [0, 0.1) is 11.3 Å². The van der Waals surface area contributed by atoms with Crippen molar-refractivity contribution in [3.8, 4) is 6.07 Å². The highest BCUT2D eigenvalue weighted by Gasteiger charge is 2.19. The number of aromatic nitrogens is 1. The lowest BCUT2D eigenvalue weighted by molar-refractivity contribution is 0.414. The third-order valence-corrected chi connectivity index (χ3v) is 2.86. The van der Waals surface area contributed by atoms with Crippen LogP contribution in [0.5, 0.6) is 0 Å². The van der Waals surface area contributed by atoms with E-state index >= 15 is 0 Å². The number of nitrogens with one attached hydrogen (secondary N) is 1. The molecule has 16 heavy (non-hydrogen) atoms. The minimum Gasteiger partial charge on any atom is -0.366 e. The first kappa shape index (κ1) is 11.2. The van der Waals surface area contributed by atoms with E-state index < -0.39 is 0 Å². The number of halogens is 1. The second kappa shape index (κ2) is 4.69. The summed E-state index contributed by atoms with van der Waals surface area (Å²) in [5, 5.41) is 12.5. The molecule has 1 aromatic heterocycles. The lowest BCUT2D eigenvalue weighted by Crippen LogP contribution is -2.24. The third kappa shape index (κ3) is 2.63. The van der Waals surface area contributed by atoms with Gasteiger partial charge in [0.2, 0.25) is 0 Å². The van der Waals surface area contributed by atoms with E-state index in [1.165, 1.54) is 0 Å². The van der Waals surface area contributed by atoms with E-state index in [9.17, 15) is 0 Å². The van der Waals surface area contributed by atoms with Gasteiger partial charge in [-0.1, -0.05) is 11.6 Å². The average Bonchev–Trinajstić information content (AvgIpc) is 2.63. The van der Waals surface area contributed by atoms with E-state index in [4.69, 9.17) is 16.9 Å². The van der Waals surface area contributed by atoms with Crippen molar-refractivity contribution in [1.29, 1.82) is 5.26 Å². The largest absolute Gasteiger partial charge is 0.366 e. The molecule has 1 aromatic rings. The summed E-state index contributed by atoms with van der Waals surface area (Å²) < 4.78 is 0. The fourth-order valence-corrected chi connectivity index (χ4v) is 2.11. The van der Waals surface area contributed by atoms with Crippen molar-refractivity contribution in [3.05, 3.63) is 22.8 Å². The highest BCUT2D eigenvalue weighted by Crippen LogP contribution is 2.17.